The minimum atomic E-state index is -0.822. The van der Waals surface area contributed by atoms with Crippen molar-refractivity contribution in [1.29, 1.82) is 0 Å². The van der Waals surface area contributed by atoms with Crippen molar-refractivity contribution in [2.45, 2.75) is 13.2 Å². The number of hydrogen-bond acceptors (Lipinski definition) is 5. The number of urea groups is 1. The van der Waals surface area contributed by atoms with E-state index in [1.54, 1.807) is 54.6 Å². The summed E-state index contributed by atoms with van der Waals surface area (Å²) in [5, 5.41) is 8.57. The lowest BCUT2D eigenvalue weighted by molar-refractivity contribution is 0.256. The van der Waals surface area contributed by atoms with Crippen molar-refractivity contribution in [3.63, 3.8) is 0 Å². The third kappa shape index (κ3) is 4.84. The fourth-order valence-electron chi connectivity index (χ4n) is 4.30. The van der Waals surface area contributed by atoms with E-state index in [4.69, 9.17) is 33.5 Å². The molecule has 5 aromatic rings. The van der Waals surface area contributed by atoms with Crippen molar-refractivity contribution in [3.05, 3.63) is 101 Å². The van der Waals surface area contributed by atoms with Crippen molar-refractivity contribution < 1.29 is 13.9 Å². The molecular formula is C28H24ClFN6O2. The van der Waals surface area contributed by atoms with Crippen LogP contribution in [0.5, 0.6) is 5.75 Å². The van der Waals surface area contributed by atoms with Crippen molar-refractivity contribution in [2.75, 3.05) is 10.6 Å². The van der Waals surface area contributed by atoms with Gasteiger partial charge in [0, 0.05) is 17.1 Å². The number of carbonyl (C=O) groups excluding carboxylic acids is 1. The van der Waals surface area contributed by atoms with Crippen molar-refractivity contribution in [1.82, 2.24) is 10.2 Å². The van der Waals surface area contributed by atoms with Crippen LogP contribution in [0, 0.1) is 5.82 Å². The minimum Gasteiger partial charge on any atom is -0.489 e. The molecule has 0 fully saturated rings. The second-order valence-corrected chi connectivity index (χ2v) is 9.02. The fraction of sp³-hybridized carbons (Fsp3) is 0.0714. The van der Waals surface area contributed by atoms with Gasteiger partial charge in [-0.1, -0.05) is 41.9 Å². The largest absolute Gasteiger partial charge is 0.489 e. The number of aromatic amines is 1. The molecule has 192 valence electrons. The number of nitrogen functional groups attached to an aromatic ring is 1. The third-order valence-electron chi connectivity index (χ3n) is 6.19. The van der Waals surface area contributed by atoms with Gasteiger partial charge in [0.05, 0.1) is 22.3 Å². The molecule has 0 aliphatic carbocycles. The number of fused-ring (bicyclic) bond motifs is 1. The van der Waals surface area contributed by atoms with Gasteiger partial charge in [-0.15, -0.1) is 0 Å². The molecule has 0 atom stereocenters. The van der Waals surface area contributed by atoms with Crippen LogP contribution in [0.15, 0.2) is 78.9 Å². The monoisotopic (exact) mass is 530 g/mol. The highest BCUT2D eigenvalue weighted by Crippen LogP contribution is 2.36. The maximum absolute atomic E-state index is 14.6. The van der Waals surface area contributed by atoms with Gasteiger partial charge in [0.15, 0.2) is 5.82 Å². The summed E-state index contributed by atoms with van der Waals surface area (Å²) in [6.45, 7) is 0.488. The molecule has 10 heteroatoms. The van der Waals surface area contributed by atoms with Crippen LogP contribution in [-0.4, -0.2) is 16.2 Å². The average molecular weight is 531 g/mol. The molecule has 0 unspecified atom stereocenters. The molecular weight excluding hydrogens is 507 g/mol. The van der Waals surface area contributed by atoms with E-state index in [-0.39, 0.29) is 12.2 Å². The molecule has 0 aliphatic rings. The minimum absolute atomic E-state index is 0.0275. The van der Waals surface area contributed by atoms with Crippen LogP contribution >= 0.6 is 11.6 Å². The first-order valence-corrected chi connectivity index (χ1v) is 12.1. The van der Waals surface area contributed by atoms with E-state index in [1.807, 2.05) is 12.1 Å². The van der Waals surface area contributed by atoms with Gasteiger partial charge in [-0.05, 0) is 65.2 Å². The Morgan fingerprint density at radius 2 is 1.76 bits per heavy atom. The summed E-state index contributed by atoms with van der Waals surface area (Å²) in [7, 11) is 0. The van der Waals surface area contributed by atoms with E-state index in [9.17, 15) is 9.18 Å². The second-order valence-electron chi connectivity index (χ2n) is 8.58. The topological polar surface area (TPSA) is 136 Å². The molecule has 1 heterocycles. The highest BCUT2D eigenvalue weighted by Gasteiger charge is 2.20. The molecule has 8 nitrogen and oxygen atoms in total. The summed E-state index contributed by atoms with van der Waals surface area (Å²) >= 11 is 5.95. The lowest BCUT2D eigenvalue weighted by Crippen LogP contribution is -2.32. The highest BCUT2D eigenvalue weighted by molar-refractivity contribution is 6.30. The van der Waals surface area contributed by atoms with Crippen molar-refractivity contribution in [2.24, 2.45) is 11.5 Å². The first kappa shape index (κ1) is 25.1. The van der Waals surface area contributed by atoms with Crippen LogP contribution < -0.4 is 26.8 Å². The molecule has 0 radical (unpaired) electrons. The molecule has 1 aromatic heterocycles. The Morgan fingerprint density at radius 1 is 1.03 bits per heavy atom. The number of halogens is 2. The molecule has 0 aliphatic heterocycles. The van der Waals surface area contributed by atoms with Crippen LogP contribution in [-0.2, 0) is 13.2 Å². The van der Waals surface area contributed by atoms with Crippen LogP contribution in [0.4, 0.5) is 26.4 Å². The fourth-order valence-corrected chi connectivity index (χ4v) is 4.42. The summed E-state index contributed by atoms with van der Waals surface area (Å²) in [5.74, 6) is 0.434. The van der Waals surface area contributed by atoms with E-state index in [0.29, 0.717) is 34.4 Å². The number of aromatic nitrogens is 2. The third-order valence-corrected chi connectivity index (χ3v) is 6.44. The zero-order chi connectivity index (χ0) is 26.8. The van der Waals surface area contributed by atoms with E-state index in [2.05, 4.69) is 10.2 Å². The molecule has 5 rings (SSSR count). The SMILES string of the molecule is NCc1ccc(F)c(N(C(N)=O)c2ccc(-c3ccc(COc4ccc(Cl)cc4)c4[nH]nc(N)c34)cc2)c1. The van der Waals surface area contributed by atoms with Gasteiger partial charge in [0.25, 0.3) is 0 Å². The van der Waals surface area contributed by atoms with Gasteiger partial charge in [-0.25, -0.2) is 9.18 Å². The molecule has 4 aromatic carbocycles. The average Bonchev–Trinajstić information content (AvgIpc) is 3.31. The summed E-state index contributed by atoms with van der Waals surface area (Å²) < 4.78 is 20.5. The zero-order valence-electron chi connectivity index (χ0n) is 20.1. The highest BCUT2D eigenvalue weighted by atomic mass is 35.5. The maximum atomic E-state index is 14.6. The van der Waals surface area contributed by atoms with Crippen molar-refractivity contribution >= 4 is 45.7 Å². The number of hydrogen-bond donors (Lipinski definition) is 4. The molecule has 0 spiro atoms. The van der Waals surface area contributed by atoms with Crippen LogP contribution in [0.3, 0.4) is 0 Å². The molecule has 7 N–H and O–H groups in total. The number of ether oxygens (including phenoxy) is 1. The molecule has 2 amide bonds. The summed E-state index contributed by atoms with van der Waals surface area (Å²) in [4.78, 5) is 13.4. The molecule has 0 saturated carbocycles. The Labute approximate surface area is 222 Å². The van der Waals surface area contributed by atoms with E-state index in [1.165, 1.54) is 12.1 Å². The Morgan fingerprint density at radius 3 is 2.45 bits per heavy atom. The standard InChI is InChI=1S/C28H24ClFN6O2/c29-19-5-9-21(10-6-19)38-15-18-4-11-22(25-26(18)34-35-27(25)32)17-2-7-20(8-3-17)36(28(33)37)24-13-16(14-31)1-12-23(24)30/h1-13H,14-15,31H2,(H2,33,37)(H3,32,34,35). The zero-order valence-corrected chi connectivity index (χ0v) is 20.9. The van der Waals surface area contributed by atoms with Crippen LogP contribution in [0.25, 0.3) is 22.0 Å². The Hall–Kier alpha value is -4.60. The molecule has 38 heavy (non-hydrogen) atoms. The number of amides is 2. The Bertz CT molecular complexity index is 1620. The number of anilines is 3. The van der Waals surface area contributed by atoms with Gasteiger partial charge in [-0.3, -0.25) is 10.00 Å². The summed E-state index contributed by atoms with van der Waals surface area (Å²) in [6, 6.07) is 21.5. The smallest absolute Gasteiger partial charge is 0.323 e. The van der Waals surface area contributed by atoms with Gasteiger partial charge in [-0.2, -0.15) is 5.10 Å². The number of nitrogens with two attached hydrogens (primary N) is 3. The van der Waals surface area contributed by atoms with Crippen LogP contribution in [0.1, 0.15) is 11.1 Å². The number of H-pyrrole nitrogens is 1. The number of nitrogens with one attached hydrogen (secondary N) is 1. The molecule has 0 saturated heterocycles. The van der Waals surface area contributed by atoms with Gasteiger partial charge >= 0.3 is 6.03 Å². The number of primary amides is 1. The molecule has 0 bridgehead atoms. The normalized spacial score (nSPS) is 11.0. The number of carbonyl (C=O) groups is 1. The van der Waals surface area contributed by atoms with Gasteiger partial charge in [0.2, 0.25) is 0 Å². The second kappa shape index (κ2) is 10.4. The summed E-state index contributed by atoms with van der Waals surface area (Å²) in [6.07, 6.45) is 0. The predicted molar refractivity (Wildman–Crippen MR) is 148 cm³/mol. The Balaban J connectivity index is 1.47. The first-order chi connectivity index (χ1) is 18.4. The van der Waals surface area contributed by atoms with E-state index < -0.39 is 11.8 Å². The Kier molecular flexibility index (Phi) is 6.87. The number of nitrogens with zero attached hydrogens (tertiary/aromatic N) is 2. The van der Waals surface area contributed by atoms with Gasteiger partial charge < -0.3 is 21.9 Å². The van der Waals surface area contributed by atoms with Crippen LogP contribution in [0.2, 0.25) is 5.02 Å². The van der Waals surface area contributed by atoms with Crippen molar-refractivity contribution in [3.8, 4) is 16.9 Å². The lowest BCUT2D eigenvalue weighted by atomic mass is 9.98. The number of benzene rings is 4. The number of rotatable bonds is 7. The lowest BCUT2D eigenvalue weighted by Gasteiger charge is -2.22. The van der Waals surface area contributed by atoms with E-state index >= 15 is 0 Å². The summed E-state index contributed by atoms with van der Waals surface area (Å²) in [5.41, 5.74) is 21.9. The predicted octanol–water partition coefficient (Wildman–Crippen LogP) is 5.86. The van der Waals surface area contributed by atoms with Gasteiger partial charge in [0.1, 0.15) is 18.2 Å². The first-order valence-electron chi connectivity index (χ1n) is 11.7. The van der Waals surface area contributed by atoms with E-state index in [0.717, 1.165) is 32.5 Å². The maximum Gasteiger partial charge on any atom is 0.323 e. The quantitative estimate of drug-likeness (QED) is 0.209.